The molecule has 1 amide bonds. The van der Waals surface area contributed by atoms with Crippen LogP contribution in [0.15, 0.2) is 33.2 Å². The first-order valence-corrected chi connectivity index (χ1v) is 7.03. The lowest BCUT2D eigenvalue weighted by Gasteiger charge is -2.16. The highest BCUT2D eigenvalue weighted by atomic mass is 79.9. The summed E-state index contributed by atoms with van der Waals surface area (Å²) in [6.45, 7) is -0.344. The summed E-state index contributed by atoms with van der Waals surface area (Å²) in [5.74, 6) is -1.31. The minimum Gasteiger partial charge on any atom is -0.480 e. The van der Waals surface area contributed by atoms with E-state index in [1.165, 1.54) is 4.90 Å². The van der Waals surface area contributed by atoms with Gasteiger partial charge in [0, 0.05) is 19.9 Å². The molecule has 6 heteroatoms. The van der Waals surface area contributed by atoms with Gasteiger partial charge in [-0.25, -0.2) is 0 Å². The Bertz CT molecular complexity index is 742. The molecule has 4 nitrogen and oxygen atoms in total. The number of benzene rings is 2. The van der Waals surface area contributed by atoms with Gasteiger partial charge >= 0.3 is 5.97 Å². The lowest BCUT2D eigenvalue weighted by molar-refractivity contribution is -0.135. The van der Waals surface area contributed by atoms with Crippen LogP contribution in [-0.4, -0.2) is 23.5 Å². The number of hydrogen-bond donors (Lipinski definition) is 1. The van der Waals surface area contributed by atoms with Crippen LogP contribution in [-0.2, 0) is 4.79 Å². The van der Waals surface area contributed by atoms with E-state index in [0.29, 0.717) is 15.7 Å². The summed E-state index contributed by atoms with van der Waals surface area (Å²) in [5, 5.41) is 10.6. The van der Waals surface area contributed by atoms with Crippen LogP contribution >= 0.6 is 31.9 Å². The normalized spacial score (nSPS) is 13.4. The van der Waals surface area contributed by atoms with E-state index >= 15 is 0 Å². The Kier molecular flexibility index (Phi) is 2.87. The summed E-state index contributed by atoms with van der Waals surface area (Å²) < 4.78 is 1.57. The van der Waals surface area contributed by atoms with E-state index in [9.17, 15) is 9.59 Å². The number of rotatable bonds is 2. The fourth-order valence-corrected chi connectivity index (χ4v) is 3.87. The van der Waals surface area contributed by atoms with Crippen LogP contribution < -0.4 is 4.90 Å². The molecule has 2 aromatic rings. The van der Waals surface area contributed by atoms with Gasteiger partial charge in [0.05, 0.1) is 5.69 Å². The number of carboxylic acid groups (broad SMARTS) is 1. The number of carbonyl (C=O) groups excluding carboxylic acids is 1. The number of carbonyl (C=O) groups is 2. The molecule has 0 bridgehead atoms. The van der Waals surface area contributed by atoms with Gasteiger partial charge in [-0.2, -0.15) is 0 Å². The Balaban J connectivity index is 2.37. The van der Waals surface area contributed by atoms with Crippen molar-refractivity contribution < 1.29 is 14.7 Å². The third kappa shape index (κ3) is 1.78. The van der Waals surface area contributed by atoms with Crippen molar-refractivity contribution in [3.63, 3.8) is 0 Å². The Hall–Kier alpha value is -1.40. The van der Waals surface area contributed by atoms with Crippen molar-refractivity contribution in [2.24, 2.45) is 0 Å². The summed E-state index contributed by atoms with van der Waals surface area (Å²) in [7, 11) is 0. The maximum absolute atomic E-state index is 12.3. The van der Waals surface area contributed by atoms with Crippen molar-refractivity contribution in [1.82, 2.24) is 0 Å². The van der Waals surface area contributed by atoms with Gasteiger partial charge in [-0.3, -0.25) is 14.5 Å². The van der Waals surface area contributed by atoms with E-state index in [1.807, 2.05) is 12.1 Å². The number of halogens is 2. The van der Waals surface area contributed by atoms with Crippen molar-refractivity contribution in [2.45, 2.75) is 0 Å². The molecule has 0 spiro atoms. The zero-order valence-corrected chi connectivity index (χ0v) is 12.7. The quantitative estimate of drug-likeness (QED) is 0.863. The molecule has 1 aliphatic rings. The van der Waals surface area contributed by atoms with E-state index in [4.69, 9.17) is 5.11 Å². The van der Waals surface area contributed by atoms with E-state index in [0.717, 1.165) is 15.2 Å². The zero-order valence-electron chi connectivity index (χ0n) is 9.48. The zero-order chi connectivity index (χ0) is 13.7. The number of nitrogens with zero attached hydrogens (tertiary/aromatic N) is 1. The third-order valence-corrected chi connectivity index (χ3v) is 4.34. The summed E-state index contributed by atoms with van der Waals surface area (Å²) in [6, 6.07) is 7.24. The van der Waals surface area contributed by atoms with Crippen LogP contribution in [0.1, 0.15) is 10.4 Å². The Morgan fingerprint density at radius 2 is 2.00 bits per heavy atom. The van der Waals surface area contributed by atoms with E-state index in [1.54, 1.807) is 12.1 Å². The molecule has 3 rings (SSSR count). The maximum Gasteiger partial charge on any atom is 0.323 e. The van der Waals surface area contributed by atoms with Crippen LogP contribution in [0.5, 0.6) is 0 Å². The van der Waals surface area contributed by atoms with Gasteiger partial charge in [0.2, 0.25) is 0 Å². The second kappa shape index (κ2) is 4.31. The highest BCUT2D eigenvalue weighted by Gasteiger charge is 2.33. The number of carboxylic acids is 1. The van der Waals surface area contributed by atoms with Gasteiger partial charge in [-0.1, -0.05) is 28.1 Å². The topological polar surface area (TPSA) is 57.6 Å². The fourth-order valence-electron chi connectivity index (χ4n) is 2.36. The van der Waals surface area contributed by atoms with Gasteiger partial charge < -0.3 is 5.11 Å². The maximum atomic E-state index is 12.3. The largest absolute Gasteiger partial charge is 0.480 e. The Morgan fingerprint density at radius 3 is 2.68 bits per heavy atom. The van der Waals surface area contributed by atoms with Gasteiger partial charge in [0.25, 0.3) is 5.91 Å². The average molecular weight is 385 g/mol. The monoisotopic (exact) mass is 383 g/mol. The highest BCUT2D eigenvalue weighted by molar-refractivity contribution is 9.11. The second-order valence-corrected chi connectivity index (χ2v) is 5.91. The van der Waals surface area contributed by atoms with Crippen molar-refractivity contribution in [1.29, 1.82) is 0 Å². The van der Waals surface area contributed by atoms with Gasteiger partial charge in [0.1, 0.15) is 6.54 Å². The van der Waals surface area contributed by atoms with Crippen LogP contribution in [0, 0.1) is 0 Å². The molecule has 0 saturated heterocycles. The smallest absolute Gasteiger partial charge is 0.323 e. The molecular formula is C13H7Br2NO3. The van der Waals surface area contributed by atoms with Crippen molar-refractivity contribution in [3.05, 3.63) is 38.8 Å². The SMILES string of the molecule is O=C(O)CN1C(=O)c2cccc3c(Br)cc(Br)c1c23. The molecule has 1 heterocycles. The average Bonchev–Trinajstić information content (AvgIpc) is 2.61. The first kappa shape index (κ1) is 12.6. The summed E-state index contributed by atoms with van der Waals surface area (Å²) >= 11 is 6.86. The molecule has 0 radical (unpaired) electrons. The van der Waals surface area contributed by atoms with Gasteiger partial charge in [0.15, 0.2) is 0 Å². The summed E-state index contributed by atoms with van der Waals surface area (Å²) in [6.07, 6.45) is 0. The Morgan fingerprint density at radius 1 is 1.26 bits per heavy atom. The molecule has 0 unspecified atom stereocenters. The minimum atomic E-state index is -1.04. The first-order chi connectivity index (χ1) is 9.00. The molecule has 96 valence electrons. The number of amides is 1. The van der Waals surface area contributed by atoms with Crippen LogP contribution in [0.4, 0.5) is 5.69 Å². The third-order valence-electron chi connectivity index (χ3n) is 3.08. The molecule has 1 aliphatic heterocycles. The van der Waals surface area contributed by atoms with Gasteiger partial charge in [-0.15, -0.1) is 0 Å². The minimum absolute atomic E-state index is 0.276. The molecule has 0 aromatic heterocycles. The highest BCUT2D eigenvalue weighted by Crippen LogP contribution is 2.45. The number of hydrogen-bond acceptors (Lipinski definition) is 2. The van der Waals surface area contributed by atoms with Crippen molar-refractivity contribution >= 4 is 60.2 Å². The molecule has 0 saturated carbocycles. The molecule has 0 aliphatic carbocycles. The van der Waals surface area contributed by atoms with Crippen molar-refractivity contribution in [2.75, 3.05) is 11.4 Å². The fraction of sp³-hybridized carbons (Fsp3) is 0.0769. The standard InChI is InChI=1S/C13H7Br2NO3/c14-8-4-9(15)12-11-6(8)2-1-3-7(11)13(19)16(12)5-10(17)18/h1-4H,5H2,(H,17,18). The molecule has 0 fully saturated rings. The molecule has 2 aromatic carbocycles. The predicted molar refractivity (Wildman–Crippen MR) is 78.7 cm³/mol. The van der Waals surface area contributed by atoms with Crippen LogP contribution in [0.2, 0.25) is 0 Å². The summed E-state index contributed by atoms with van der Waals surface area (Å²) in [5.41, 5.74) is 1.16. The van der Waals surface area contributed by atoms with E-state index < -0.39 is 5.97 Å². The Labute approximate surface area is 125 Å². The molecule has 0 atom stereocenters. The predicted octanol–water partition coefficient (Wildman–Crippen LogP) is 3.41. The molecular weight excluding hydrogens is 378 g/mol. The molecule has 1 N–H and O–H groups in total. The van der Waals surface area contributed by atoms with E-state index in [-0.39, 0.29) is 12.5 Å². The lowest BCUT2D eigenvalue weighted by atomic mass is 10.1. The van der Waals surface area contributed by atoms with Gasteiger partial charge in [-0.05, 0) is 33.4 Å². The van der Waals surface area contributed by atoms with Crippen LogP contribution in [0.3, 0.4) is 0 Å². The number of aliphatic carboxylic acids is 1. The van der Waals surface area contributed by atoms with E-state index in [2.05, 4.69) is 31.9 Å². The van der Waals surface area contributed by atoms with Crippen molar-refractivity contribution in [3.8, 4) is 0 Å². The lowest BCUT2D eigenvalue weighted by Crippen LogP contribution is -2.32. The molecule has 19 heavy (non-hydrogen) atoms. The first-order valence-electron chi connectivity index (χ1n) is 5.45. The second-order valence-electron chi connectivity index (χ2n) is 4.20. The summed E-state index contributed by atoms with van der Waals surface area (Å²) in [4.78, 5) is 24.5. The van der Waals surface area contributed by atoms with Crippen LogP contribution in [0.25, 0.3) is 10.8 Å². The number of anilines is 1.